The Labute approximate surface area is 117 Å². The molecule has 1 heterocycles. The smallest absolute Gasteiger partial charge is 0.161 e. The van der Waals surface area contributed by atoms with E-state index in [2.05, 4.69) is 4.98 Å². The summed E-state index contributed by atoms with van der Waals surface area (Å²) in [5.74, 6) is 0.500. The maximum absolute atomic E-state index is 11.7. The molecular formula is C15H16N2O3. The molecule has 0 atom stereocenters. The third-order valence-corrected chi connectivity index (χ3v) is 2.84. The van der Waals surface area contributed by atoms with Crippen LogP contribution in [0, 0.1) is 0 Å². The molecule has 0 aliphatic heterocycles. The maximum Gasteiger partial charge on any atom is 0.161 e. The minimum atomic E-state index is 0.0331. The molecule has 2 aromatic rings. The van der Waals surface area contributed by atoms with Crippen LogP contribution in [0.3, 0.4) is 0 Å². The molecule has 2 rings (SSSR count). The van der Waals surface area contributed by atoms with Gasteiger partial charge in [0.2, 0.25) is 0 Å². The first-order valence-electron chi connectivity index (χ1n) is 6.22. The highest BCUT2D eigenvalue weighted by Gasteiger charge is 2.01. The summed E-state index contributed by atoms with van der Waals surface area (Å²) in [5.41, 5.74) is 0.802. The Bertz CT molecular complexity index is 604. The van der Waals surface area contributed by atoms with Gasteiger partial charge in [0.15, 0.2) is 17.3 Å². The monoisotopic (exact) mass is 272 g/mol. The minimum Gasteiger partial charge on any atom is -0.504 e. The van der Waals surface area contributed by atoms with Crippen LogP contribution in [0.5, 0.6) is 11.5 Å². The summed E-state index contributed by atoms with van der Waals surface area (Å²) in [7, 11) is 1.48. The lowest BCUT2D eigenvalue weighted by Gasteiger charge is -2.03. The van der Waals surface area contributed by atoms with E-state index in [0.29, 0.717) is 18.7 Å². The van der Waals surface area contributed by atoms with Crippen LogP contribution in [0.2, 0.25) is 0 Å². The molecule has 5 nitrogen and oxygen atoms in total. The highest BCUT2D eigenvalue weighted by molar-refractivity contribution is 5.93. The van der Waals surface area contributed by atoms with Crippen molar-refractivity contribution in [2.75, 3.05) is 7.11 Å². The lowest BCUT2D eigenvalue weighted by molar-refractivity contribution is -0.114. The molecule has 0 spiro atoms. The lowest BCUT2D eigenvalue weighted by Crippen LogP contribution is -2.01. The van der Waals surface area contributed by atoms with E-state index in [1.54, 1.807) is 30.7 Å². The molecule has 0 saturated carbocycles. The normalized spacial score (nSPS) is 10.8. The van der Waals surface area contributed by atoms with E-state index >= 15 is 0 Å². The third-order valence-electron chi connectivity index (χ3n) is 2.84. The number of aromatic hydroxyl groups is 1. The third kappa shape index (κ3) is 3.71. The lowest BCUT2D eigenvalue weighted by atomic mass is 10.1. The van der Waals surface area contributed by atoms with E-state index in [9.17, 15) is 9.90 Å². The van der Waals surface area contributed by atoms with Crippen LogP contribution < -0.4 is 4.74 Å². The fraction of sp³-hybridized carbons (Fsp3) is 0.200. The van der Waals surface area contributed by atoms with Crippen molar-refractivity contribution in [3.63, 3.8) is 0 Å². The fourth-order valence-electron chi connectivity index (χ4n) is 1.73. The van der Waals surface area contributed by atoms with Crippen LogP contribution in [0.1, 0.15) is 12.0 Å². The predicted molar refractivity (Wildman–Crippen MR) is 75.5 cm³/mol. The molecule has 104 valence electrons. The Morgan fingerprint density at radius 1 is 1.50 bits per heavy atom. The number of ketones is 1. The first-order chi connectivity index (χ1) is 9.69. The summed E-state index contributed by atoms with van der Waals surface area (Å²) in [5, 5.41) is 9.48. The van der Waals surface area contributed by atoms with Crippen LogP contribution in [0.4, 0.5) is 0 Å². The number of benzene rings is 1. The average molecular weight is 272 g/mol. The van der Waals surface area contributed by atoms with Crippen molar-refractivity contribution < 1.29 is 14.6 Å². The molecule has 0 bridgehead atoms. The van der Waals surface area contributed by atoms with Gasteiger partial charge in [0.05, 0.1) is 13.4 Å². The Morgan fingerprint density at radius 2 is 2.35 bits per heavy atom. The Morgan fingerprint density at radius 3 is 3.05 bits per heavy atom. The van der Waals surface area contributed by atoms with E-state index in [1.165, 1.54) is 19.3 Å². The standard InChI is InChI=1S/C15H16N2O3/c1-20-15-10-12(3-5-14(15)19)2-4-13(18)6-8-17-9-7-16-11-17/h2-5,7,9-11,19H,6,8H2,1H3. The summed E-state index contributed by atoms with van der Waals surface area (Å²) in [6.07, 6.45) is 8.84. The Balaban J connectivity index is 1.93. The number of methoxy groups -OCH3 is 1. The van der Waals surface area contributed by atoms with Gasteiger partial charge in [-0.2, -0.15) is 0 Å². The minimum absolute atomic E-state index is 0.0331. The summed E-state index contributed by atoms with van der Waals surface area (Å²) in [6.45, 7) is 0.613. The van der Waals surface area contributed by atoms with E-state index in [1.807, 2.05) is 10.8 Å². The second-order valence-corrected chi connectivity index (χ2v) is 4.28. The van der Waals surface area contributed by atoms with E-state index in [4.69, 9.17) is 4.74 Å². The Kier molecular flexibility index (Phi) is 4.55. The molecule has 0 radical (unpaired) electrons. The summed E-state index contributed by atoms with van der Waals surface area (Å²) in [6, 6.07) is 4.93. The van der Waals surface area contributed by atoms with E-state index < -0.39 is 0 Å². The summed E-state index contributed by atoms with van der Waals surface area (Å²) in [4.78, 5) is 15.6. The number of carbonyl (C=O) groups excluding carboxylic acids is 1. The SMILES string of the molecule is COc1cc(C=CC(=O)CCn2ccnc2)ccc1O. The Hall–Kier alpha value is -2.56. The number of rotatable bonds is 6. The van der Waals surface area contributed by atoms with Crippen LogP contribution in [-0.2, 0) is 11.3 Å². The molecule has 1 aromatic heterocycles. The van der Waals surface area contributed by atoms with Crippen molar-refractivity contribution in [2.24, 2.45) is 0 Å². The maximum atomic E-state index is 11.7. The van der Waals surface area contributed by atoms with Gasteiger partial charge >= 0.3 is 0 Å². The van der Waals surface area contributed by atoms with Crippen LogP contribution in [0.25, 0.3) is 6.08 Å². The number of imidazole rings is 1. The molecule has 20 heavy (non-hydrogen) atoms. The number of nitrogens with zero attached hydrogens (tertiary/aromatic N) is 2. The summed E-state index contributed by atoms with van der Waals surface area (Å²) < 4.78 is 6.87. The van der Waals surface area contributed by atoms with E-state index in [-0.39, 0.29) is 11.5 Å². The van der Waals surface area contributed by atoms with Gasteiger partial charge in [0, 0.05) is 25.4 Å². The number of allylic oxidation sites excluding steroid dienone is 1. The van der Waals surface area contributed by atoms with E-state index in [0.717, 1.165) is 5.56 Å². The zero-order valence-electron chi connectivity index (χ0n) is 11.2. The van der Waals surface area contributed by atoms with Crippen molar-refractivity contribution in [3.05, 3.63) is 48.6 Å². The number of ether oxygens (including phenoxy) is 1. The van der Waals surface area contributed by atoms with Crippen LogP contribution in [0.15, 0.2) is 43.0 Å². The first-order valence-corrected chi connectivity index (χ1v) is 6.22. The quantitative estimate of drug-likeness (QED) is 0.819. The molecule has 1 N–H and O–H groups in total. The van der Waals surface area contributed by atoms with Gasteiger partial charge in [-0.1, -0.05) is 12.1 Å². The second kappa shape index (κ2) is 6.56. The molecule has 1 aromatic carbocycles. The van der Waals surface area contributed by atoms with Crippen molar-refractivity contribution in [2.45, 2.75) is 13.0 Å². The van der Waals surface area contributed by atoms with Crippen molar-refractivity contribution in [1.29, 1.82) is 0 Å². The average Bonchev–Trinajstić information content (AvgIpc) is 2.97. The van der Waals surface area contributed by atoms with Gasteiger partial charge in [0.1, 0.15) is 0 Å². The van der Waals surface area contributed by atoms with Gasteiger partial charge in [0.25, 0.3) is 0 Å². The first kappa shape index (κ1) is 13.9. The van der Waals surface area contributed by atoms with Crippen LogP contribution in [-0.4, -0.2) is 27.6 Å². The molecule has 0 aliphatic rings. The van der Waals surface area contributed by atoms with Gasteiger partial charge in [-0.25, -0.2) is 4.98 Å². The fourth-order valence-corrected chi connectivity index (χ4v) is 1.73. The zero-order valence-corrected chi connectivity index (χ0v) is 11.2. The van der Waals surface area contributed by atoms with Crippen molar-refractivity contribution in [1.82, 2.24) is 9.55 Å². The highest BCUT2D eigenvalue weighted by Crippen LogP contribution is 2.26. The summed E-state index contributed by atoms with van der Waals surface area (Å²) >= 11 is 0. The zero-order chi connectivity index (χ0) is 14.4. The predicted octanol–water partition coefficient (Wildman–Crippen LogP) is 2.27. The highest BCUT2D eigenvalue weighted by atomic mass is 16.5. The number of phenolic OH excluding ortho intramolecular Hbond substituents is 1. The number of hydrogen-bond donors (Lipinski definition) is 1. The number of aromatic nitrogens is 2. The molecular weight excluding hydrogens is 256 g/mol. The molecule has 0 aliphatic carbocycles. The molecule has 0 saturated heterocycles. The van der Waals surface area contributed by atoms with Crippen molar-refractivity contribution in [3.8, 4) is 11.5 Å². The van der Waals surface area contributed by atoms with Crippen LogP contribution >= 0.6 is 0 Å². The molecule has 5 heteroatoms. The number of hydrogen-bond acceptors (Lipinski definition) is 4. The molecule has 0 unspecified atom stereocenters. The molecule has 0 amide bonds. The number of aryl methyl sites for hydroxylation is 1. The molecule has 0 fully saturated rings. The van der Waals surface area contributed by atoms with Gasteiger partial charge in [-0.3, -0.25) is 4.79 Å². The second-order valence-electron chi connectivity index (χ2n) is 4.28. The van der Waals surface area contributed by atoms with Gasteiger partial charge in [-0.15, -0.1) is 0 Å². The number of phenols is 1. The van der Waals surface area contributed by atoms with Gasteiger partial charge < -0.3 is 14.4 Å². The number of carbonyl (C=O) groups is 1. The van der Waals surface area contributed by atoms with Crippen molar-refractivity contribution >= 4 is 11.9 Å². The topological polar surface area (TPSA) is 64.4 Å². The van der Waals surface area contributed by atoms with Gasteiger partial charge in [-0.05, 0) is 23.8 Å². The largest absolute Gasteiger partial charge is 0.504 e.